The third-order valence-corrected chi connectivity index (χ3v) is 8.56. The van der Waals surface area contributed by atoms with Gasteiger partial charge in [0.25, 0.3) is 10.0 Å². The van der Waals surface area contributed by atoms with Gasteiger partial charge in [-0.15, -0.1) is 11.3 Å². The number of sulfonamides is 1. The molecule has 114 valence electrons. The van der Waals surface area contributed by atoms with Crippen LogP contribution in [0.3, 0.4) is 0 Å². The van der Waals surface area contributed by atoms with Crippen LogP contribution in [0.15, 0.2) is 14.1 Å². The third-order valence-electron chi connectivity index (χ3n) is 4.02. The van der Waals surface area contributed by atoms with Gasteiger partial charge in [-0.1, -0.05) is 13.3 Å². The Kier molecular flexibility index (Phi) is 5.29. The van der Waals surface area contributed by atoms with E-state index in [4.69, 9.17) is 5.73 Å². The molecule has 20 heavy (non-hydrogen) atoms. The highest BCUT2D eigenvalue weighted by molar-refractivity contribution is 9.11. The van der Waals surface area contributed by atoms with Crippen molar-refractivity contribution in [2.45, 2.75) is 43.4 Å². The van der Waals surface area contributed by atoms with Crippen LogP contribution in [0.1, 0.15) is 31.7 Å². The van der Waals surface area contributed by atoms with Crippen molar-refractivity contribution in [3.05, 3.63) is 15.4 Å². The van der Waals surface area contributed by atoms with E-state index in [0.717, 1.165) is 28.6 Å². The van der Waals surface area contributed by atoms with Crippen LogP contribution in [0.2, 0.25) is 0 Å². The fraction of sp³-hybridized carbons (Fsp3) is 0.692. The molecule has 1 aliphatic heterocycles. The van der Waals surface area contributed by atoms with Crippen LogP contribution in [-0.4, -0.2) is 31.9 Å². The van der Waals surface area contributed by atoms with Gasteiger partial charge in [0.1, 0.15) is 4.21 Å². The molecule has 1 aromatic rings. The Morgan fingerprint density at radius 3 is 2.75 bits per heavy atom. The predicted octanol–water partition coefficient (Wildman–Crippen LogP) is 2.96. The van der Waals surface area contributed by atoms with E-state index in [0.29, 0.717) is 23.2 Å². The second-order valence-electron chi connectivity index (χ2n) is 5.33. The van der Waals surface area contributed by atoms with Gasteiger partial charge in [-0.25, -0.2) is 8.42 Å². The summed E-state index contributed by atoms with van der Waals surface area (Å²) < 4.78 is 28.5. The van der Waals surface area contributed by atoms with Gasteiger partial charge in [0.2, 0.25) is 0 Å². The normalized spacial score (nSPS) is 25.0. The molecule has 7 heteroatoms. The largest absolute Gasteiger partial charge is 0.329 e. The molecule has 2 rings (SSSR count). The lowest BCUT2D eigenvalue weighted by Crippen LogP contribution is -2.49. The molecule has 1 fully saturated rings. The first kappa shape index (κ1) is 16.4. The number of aryl methyl sites for hydroxylation is 1. The summed E-state index contributed by atoms with van der Waals surface area (Å²) >= 11 is 4.68. The third kappa shape index (κ3) is 3.11. The van der Waals surface area contributed by atoms with Crippen LogP contribution >= 0.6 is 27.3 Å². The van der Waals surface area contributed by atoms with Crippen molar-refractivity contribution in [1.29, 1.82) is 0 Å². The number of piperidine rings is 1. The number of rotatable bonds is 4. The first-order valence-electron chi connectivity index (χ1n) is 6.88. The summed E-state index contributed by atoms with van der Waals surface area (Å²) in [4.78, 5) is 0. The van der Waals surface area contributed by atoms with E-state index < -0.39 is 10.0 Å². The van der Waals surface area contributed by atoms with Crippen molar-refractivity contribution in [2.75, 3.05) is 13.1 Å². The zero-order valence-corrected chi connectivity index (χ0v) is 15.0. The van der Waals surface area contributed by atoms with E-state index in [9.17, 15) is 8.42 Å². The zero-order chi connectivity index (χ0) is 14.9. The summed E-state index contributed by atoms with van der Waals surface area (Å²) in [5.41, 5.74) is 6.77. The van der Waals surface area contributed by atoms with Crippen molar-refractivity contribution < 1.29 is 8.42 Å². The van der Waals surface area contributed by atoms with Gasteiger partial charge in [-0.05, 0) is 53.2 Å². The number of halogens is 1. The Morgan fingerprint density at radius 1 is 1.55 bits per heavy atom. The van der Waals surface area contributed by atoms with Crippen molar-refractivity contribution in [3.63, 3.8) is 0 Å². The average molecular weight is 381 g/mol. The zero-order valence-electron chi connectivity index (χ0n) is 11.8. The highest BCUT2D eigenvalue weighted by atomic mass is 79.9. The maximum Gasteiger partial charge on any atom is 0.252 e. The summed E-state index contributed by atoms with van der Waals surface area (Å²) in [7, 11) is -3.41. The van der Waals surface area contributed by atoms with Gasteiger partial charge in [0.15, 0.2) is 0 Å². The summed E-state index contributed by atoms with van der Waals surface area (Å²) in [6, 6.07) is 1.67. The number of thiophene rings is 1. The fourth-order valence-corrected chi connectivity index (χ4v) is 6.71. The molecule has 1 aliphatic rings. The summed E-state index contributed by atoms with van der Waals surface area (Å²) in [6.07, 6.45) is 2.89. The number of hydrogen-bond donors (Lipinski definition) is 1. The molecular weight excluding hydrogens is 360 g/mol. The monoisotopic (exact) mass is 380 g/mol. The van der Waals surface area contributed by atoms with Crippen molar-refractivity contribution in [3.8, 4) is 0 Å². The van der Waals surface area contributed by atoms with Crippen LogP contribution in [0, 0.1) is 12.8 Å². The van der Waals surface area contributed by atoms with Crippen molar-refractivity contribution in [2.24, 2.45) is 11.7 Å². The number of nitrogens with zero attached hydrogens (tertiary/aromatic N) is 1. The Labute approximate surface area is 133 Å². The minimum absolute atomic E-state index is 0.0696. The molecule has 0 amide bonds. The quantitative estimate of drug-likeness (QED) is 0.872. The molecule has 0 aliphatic carbocycles. The smallest absolute Gasteiger partial charge is 0.252 e. The molecule has 2 atom stereocenters. The second-order valence-corrected chi connectivity index (χ2v) is 9.81. The van der Waals surface area contributed by atoms with Crippen LogP contribution in [-0.2, 0) is 10.0 Å². The van der Waals surface area contributed by atoms with Gasteiger partial charge in [-0.2, -0.15) is 4.31 Å². The fourth-order valence-electron chi connectivity index (χ4n) is 2.69. The number of hydrogen-bond acceptors (Lipinski definition) is 4. The lowest BCUT2D eigenvalue weighted by atomic mass is 9.90. The molecule has 2 unspecified atom stereocenters. The summed E-state index contributed by atoms with van der Waals surface area (Å²) in [5, 5.41) is 0. The topological polar surface area (TPSA) is 63.4 Å². The predicted molar refractivity (Wildman–Crippen MR) is 86.5 cm³/mol. The molecule has 0 aromatic carbocycles. The summed E-state index contributed by atoms with van der Waals surface area (Å²) in [6.45, 7) is 5.03. The van der Waals surface area contributed by atoms with E-state index in [-0.39, 0.29) is 6.04 Å². The highest BCUT2D eigenvalue weighted by Gasteiger charge is 2.36. The standard InChI is InChI=1S/C13H21BrN2O2S2/c1-3-10-4-5-16(11(7-10)8-15)20(17,18)12-6-9(2)13(14)19-12/h6,10-11H,3-5,7-8,15H2,1-2H3. The molecule has 1 aromatic heterocycles. The SMILES string of the molecule is CCC1CCN(S(=O)(=O)c2cc(C)c(Br)s2)C(CN)C1. The lowest BCUT2D eigenvalue weighted by molar-refractivity contribution is 0.198. The Bertz CT molecular complexity index is 551. The van der Waals surface area contributed by atoms with E-state index >= 15 is 0 Å². The molecule has 2 heterocycles. The summed E-state index contributed by atoms with van der Waals surface area (Å²) in [5.74, 6) is 0.590. The minimum Gasteiger partial charge on any atom is -0.329 e. The molecule has 4 nitrogen and oxygen atoms in total. The number of nitrogens with two attached hydrogens (primary N) is 1. The maximum atomic E-state index is 12.8. The molecule has 1 saturated heterocycles. The Morgan fingerprint density at radius 2 is 2.25 bits per heavy atom. The van der Waals surface area contributed by atoms with Crippen LogP contribution < -0.4 is 5.73 Å². The van der Waals surface area contributed by atoms with Crippen LogP contribution in [0.5, 0.6) is 0 Å². The van der Waals surface area contributed by atoms with Crippen LogP contribution in [0.25, 0.3) is 0 Å². The second kappa shape index (κ2) is 6.44. The van der Waals surface area contributed by atoms with Gasteiger partial charge in [-0.3, -0.25) is 0 Å². The first-order chi connectivity index (χ1) is 9.40. The van der Waals surface area contributed by atoms with E-state index in [1.54, 1.807) is 10.4 Å². The Hall–Kier alpha value is 0.0500. The molecular formula is C13H21BrN2O2S2. The minimum atomic E-state index is -3.41. The van der Waals surface area contributed by atoms with Crippen molar-refractivity contribution >= 4 is 37.3 Å². The van der Waals surface area contributed by atoms with E-state index in [2.05, 4.69) is 22.9 Å². The molecule has 0 bridgehead atoms. The highest BCUT2D eigenvalue weighted by Crippen LogP contribution is 2.35. The maximum absolute atomic E-state index is 12.8. The molecule has 0 saturated carbocycles. The average Bonchev–Trinajstić information content (AvgIpc) is 2.78. The van der Waals surface area contributed by atoms with Gasteiger partial charge in [0.05, 0.1) is 3.79 Å². The van der Waals surface area contributed by atoms with Crippen LogP contribution in [0.4, 0.5) is 0 Å². The van der Waals surface area contributed by atoms with E-state index in [1.165, 1.54) is 11.3 Å². The van der Waals surface area contributed by atoms with Gasteiger partial charge in [0, 0.05) is 19.1 Å². The van der Waals surface area contributed by atoms with Gasteiger partial charge >= 0.3 is 0 Å². The first-order valence-corrected chi connectivity index (χ1v) is 9.93. The lowest BCUT2D eigenvalue weighted by Gasteiger charge is -2.37. The van der Waals surface area contributed by atoms with Crippen molar-refractivity contribution in [1.82, 2.24) is 4.31 Å². The molecule has 2 N–H and O–H groups in total. The molecule has 0 radical (unpaired) electrons. The molecule has 0 spiro atoms. The Balaban J connectivity index is 2.29. The van der Waals surface area contributed by atoms with Gasteiger partial charge < -0.3 is 5.73 Å². The van der Waals surface area contributed by atoms with E-state index in [1.807, 2.05) is 6.92 Å².